The highest BCUT2D eigenvalue weighted by molar-refractivity contribution is 7.40. The smallest absolute Gasteiger partial charge is 0.253 e. The summed E-state index contributed by atoms with van der Waals surface area (Å²) in [6, 6.07) is 0. The summed E-state index contributed by atoms with van der Waals surface area (Å²) in [7, 11) is 2.13. The van der Waals surface area contributed by atoms with Crippen LogP contribution in [0.25, 0.3) is 0 Å². The molecule has 1 rings (SSSR count). The first-order valence-electron chi connectivity index (χ1n) is 4.93. The lowest BCUT2D eigenvalue weighted by Gasteiger charge is -2.12. The van der Waals surface area contributed by atoms with Crippen molar-refractivity contribution in [2.24, 2.45) is 0 Å². The van der Waals surface area contributed by atoms with Gasteiger partial charge < -0.3 is 0 Å². The summed E-state index contributed by atoms with van der Waals surface area (Å²) in [4.78, 5) is 34.1. The number of hydrogen-bond donors (Lipinski definition) is 0. The zero-order chi connectivity index (χ0) is 11.3. The summed E-state index contributed by atoms with van der Waals surface area (Å²) >= 11 is 0. The van der Waals surface area contributed by atoms with Crippen LogP contribution in [0.15, 0.2) is 12.2 Å². The molecule has 0 radical (unpaired) electrons. The predicted molar refractivity (Wildman–Crippen MR) is 59.0 cm³/mol. The Hall–Kier alpha value is -1.02. The monoisotopic (exact) mass is 227 g/mol. The van der Waals surface area contributed by atoms with Gasteiger partial charge in [-0.25, -0.2) is 0 Å². The van der Waals surface area contributed by atoms with E-state index in [-0.39, 0.29) is 17.3 Å². The molecule has 0 saturated heterocycles. The van der Waals surface area contributed by atoms with Gasteiger partial charge in [-0.15, -0.1) is 0 Å². The van der Waals surface area contributed by atoms with E-state index in [1.165, 1.54) is 17.1 Å². The second-order valence-electron chi connectivity index (χ2n) is 3.44. The van der Waals surface area contributed by atoms with Gasteiger partial charge in [-0.1, -0.05) is 15.7 Å². The summed E-state index contributed by atoms with van der Waals surface area (Å²) in [6.45, 7) is 0.454. The lowest BCUT2D eigenvalue weighted by Crippen LogP contribution is -2.30. The summed E-state index contributed by atoms with van der Waals surface area (Å²) in [5.74, 6) is -0.468. The third-order valence-corrected chi connectivity index (χ3v) is 2.49. The maximum Gasteiger partial charge on any atom is 0.253 e. The van der Waals surface area contributed by atoms with Gasteiger partial charge in [0, 0.05) is 25.1 Å². The van der Waals surface area contributed by atoms with E-state index in [2.05, 4.69) is 9.24 Å². The number of rotatable bonds is 6. The molecule has 0 N–H and O–H groups in total. The highest BCUT2D eigenvalue weighted by Crippen LogP contribution is 2.08. The van der Waals surface area contributed by atoms with Crippen molar-refractivity contribution >= 4 is 26.6 Å². The maximum atomic E-state index is 11.1. The molecule has 82 valence electrons. The minimum Gasteiger partial charge on any atom is -0.295 e. The molecule has 4 nitrogen and oxygen atoms in total. The molecule has 0 aromatic carbocycles. The number of carbonyl (C=O) groups is 3. The quantitative estimate of drug-likeness (QED) is 0.384. The number of hydrogen-bond acceptors (Lipinski definition) is 3. The molecule has 1 aliphatic rings. The highest BCUT2D eigenvalue weighted by Gasteiger charge is 2.21. The Kier molecular flexibility index (Phi) is 4.63. The van der Waals surface area contributed by atoms with E-state index in [1.54, 1.807) is 0 Å². The molecular weight excluding hydrogens is 213 g/mol. The average molecular weight is 227 g/mol. The standard InChI is InChI=1S/C10H14NO3P/c12-8-5-6-9(13)11(8)7-3-1-2-4-10(14)15/h5-6H,1-4,7,15H2. The molecule has 1 aliphatic heterocycles. The van der Waals surface area contributed by atoms with Crippen LogP contribution >= 0.6 is 9.24 Å². The highest BCUT2D eigenvalue weighted by atomic mass is 31.0. The third kappa shape index (κ3) is 3.92. The average Bonchev–Trinajstić information content (AvgIpc) is 2.47. The Morgan fingerprint density at radius 2 is 1.73 bits per heavy atom. The van der Waals surface area contributed by atoms with Crippen molar-refractivity contribution in [1.82, 2.24) is 4.90 Å². The Morgan fingerprint density at radius 3 is 2.27 bits per heavy atom. The van der Waals surface area contributed by atoms with Crippen LogP contribution in [0.3, 0.4) is 0 Å². The van der Waals surface area contributed by atoms with E-state index < -0.39 is 0 Å². The van der Waals surface area contributed by atoms with Crippen molar-refractivity contribution in [3.05, 3.63) is 12.2 Å². The zero-order valence-electron chi connectivity index (χ0n) is 8.44. The lowest BCUT2D eigenvalue weighted by molar-refractivity contribution is -0.136. The van der Waals surface area contributed by atoms with Crippen LogP contribution in [-0.2, 0) is 14.4 Å². The van der Waals surface area contributed by atoms with Gasteiger partial charge in [-0.3, -0.25) is 19.3 Å². The van der Waals surface area contributed by atoms with Crippen molar-refractivity contribution < 1.29 is 14.4 Å². The van der Waals surface area contributed by atoms with Crippen molar-refractivity contribution in [2.45, 2.75) is 25.7 Å². The van der Waals surface area contributed by atoms with Crippen molar-refractivity contribution in [3.8, 4) is 0 Å². The normalized spacial score (nSPS) is 15.1. The number of nitrogens with zero attached hydrogens (tertiary/aromatic N) is 1. The van der Waals surface area contributed by atoms with Gasteiger partial charge >= 0.3 is 0 Å². The molecular formula is C10H14NO3P. The summed E-state index contributed by atoms with van der Waals surface area (Å²) in [5, 5.41) is 0. The van der Waals surface area contributed by atoms with Crippen LogP contribution in [0.1, 0.15) is 25.7 Å². The van der Waals surface area contributed by atoms with Crippen LogP contribution in [0.2, 0.25) is 0 Å². The van der Waals surface area contributed by atoms with E-state index >= 15 is 0 Å². The molecule has 5 heteroatoms. The van der Waals surface area contributed by atoms with Gasteiger partial charge in [0.15, 0.2) is 0 Å². The van der Waals surface area contributed by atoms with E-state index in [0.29, 0.717) is 13.0 Å². The summed E-state index contributed by atoms with van der Waals surface area (Å²) < 4.78 is 0. The van der Waals surface area contributed by atoms with E-state index in [0.717, 1.165) is 19.3 Å². The third-order valence-electron chi connectivity index (χ3n) is 2.21. The second-order valence-corrected chi connectivity index (χ2v) is 4.08. The molecule has 1 atom stereocenters. The largest absolute Gasteiger partial charge is 0.295 e. The Bertz CT molecular complexity index is 294. The van der Waals surface area contributed by atoms with Crippen LogP contribution in [-0.4, -0.2) is 28.8 Å². The molecule has 1 heterocycles. The number of carbonyl (C=O) groups excluding carboxylic acids is 3. The first kappa shape index (κ1) is 12.1. The molecule has 0 aromatic heterocycles. The molecule has 0 aliphatic carbocycles. The van der Waals surface area contributed by atoms with Gasteiger partial charge in [-0.05, 0) is 12.8 Å². The fourth-order valence-corrected chi connectivity index (χ4v) is 1.60. The van der Waals surface area contributed by atoms with Crippen molar-refractivity contribution in [2.75, 3.05) is 6.54 Å². The lowest BCUT2D eigenvalue weighted by atomic mass is 10.2. The second kappa shape index (κ2) is 5.76. The fourth-order valence-electron chi connectivity index (χ4n) is 1.40. The fraction of sp³-hybridized carbons (Fsp3) is 0.500. The van der Waals surface area contributed by atoms with Gasteiger partial charge in [0.2, 0.25) is 0 Å². The summed E-state index contributed by atoms with van der Waals surface area (Å²) in [6.07, 6.45) is 5.55. The number of imide groups is 1. The van der Waals surface area contributed by atoms with Gasteiger partial charge in [0.1, 0.15) is 5.52 Å². The molecule has 2 amide bonds. The Labute approximate surface area is 90.9 Å². The SMILES string of the molecule is O=C(P)CCCCCN1C(=O)C=CC1=O. The molecule has 0 spiro atoms. The molecule has 0 fully saturated rings. The topological polar surface area (TPSA) is 54.5 Å². The van der Waals surface area contributed by atoms with Crippen LogP contribution in [0.4, 0.5) is 0 Å². The first-order valence-corrected chi connectivity index (χ1v) is 5.51. The number of amides is 2. The van der Waals surface area contributed by atoms with Crippen molar-refractivity contribution in [3.63, 3.8) is 0 Å². The molecule has 0 bridgehead atoms. The molecule has 0 saturated carbocycles. The van der Waals surface area contributed by atoms with Gasteiger partial charge in [-0.2, -0.15) is 0 Å². The molecule has 1 unspecified atom stereocenters. The minimum absolute atomic E-state index is 0.102. The van der Waals surface area contributed by atoms with Crippen LogP contribution in [0.5, 0.6) is 0 Å². The van der Waals surface area contributed by atoms with E-state index in [1.807, 2.05) is 0 Å². The van der Waals surface area contributed by atoms with E-state index in [4.69, 9.17) is 0 Å². The van der Waals surface area contributed by atoms with Gasteiger partial charge in [0.05, 0.1) is 0 Å². The Morgan fingerprint density at radius 1 is 1.13 bits per heavy atom. The molecule has 15 heavy (non-hydrogen) atoms. The first-order chi connectivity index (χ1) is 7.11. The van der Waals surface area contributed by atoms with Gasteiger partial charge in [0.25, 0.3) is 11.8 Å². The number of unbranched alkanes of at least 4 members (excludes halogenated alkanes) is 2. The zero-order valence-corrected chi connectivity index (χ0v) is 9.59. The minimum atomic E-state index is -0.234. The van der Waals surface area contributed by atoms with Crippen LogP contribution < -0.4 is 0 Å². The van der Waals surface area contributed by atoms with Crippen molar-refractivity contribution in [1.29, 1.82) is 0 Å². The Balaban J connectivity index is 2.13. The maximum absolute atomic E-state index is 11.1. The predicted octanol–water partition coefficient (Wildman–Crippen LogP) is 0.873. The van der Waals surface area contributed by atoms with E-state index in [9.17, 15) is 14.4 Å². The molecule has 0 aromatic rings. The summed E-state index contributed by atoms with van der Waals surface area (Å²) in [5.41, 5.74) is 0.102. The van der Waals surface area contributed by atoms with Crippen LogP contribution in [0, 0.1) is 0 Å².